The maximum atomic E-state index is 12.6. The molecule has 1 saturated heterocycles. The Labute approximate surface area is 173 Å². The van der Waals surface area contributed by atoms with Crippen molar-refractivity contribution in [3.8, 4) is 5.75 Å². The number of thiocarbonyl (C=S) groups is 1. The molecule has 2 aromatic rings. The molecule has 2 aromatic carbocycles. The third-order valence-corrected chi connectivity index (χ3v) is 5.59. The lowest BCUT2D eigenvalue weighted by Crippen LogP contribution is -2.30. The molecule has 2 N–H and O–H groups in total. The maximum absolute atomic E-state index is 12.6. The van der Waals surface area contributed by atoms with Gasteiger partial charge < -0.3 is 10.4 Å². The topological polar surface area (TPSA) is 69.6 Å². The number of benzene rings is 2. The summed E-state index contributed by atoms with van der Waals surface area (Å²) in [6, 6.07) is 16.5. The fraction of sp³-hybridized carbons (Fsp3) is 0.190. The predicted molar refractivity (Wildman–Crippen MR) is 116 cm³/mol. The smallest absolute Gasteiger partial charge is 0.266 e. The minimum Gasteiger partial charge on any atom is -0.507 e. The van der Waals surface area contributed by atoms with Gasteiger partial charge in [-0.05, 0) is 24.1 Å². The average Bonchev–Trinajstić information content (AvgIpc) is 2.96. The van der Waals surface area contributed by atoms with Gasteiger partial charge in [0.25, 0.3) is 5.91 Å². The van der Waals surface area contributed by atoms with E-state index in [1.807, 2.05) is 30.3 Å². The van der Waals surface area contributed by atoms with Crippen LogP contribution in [-0.4, -0.2) is 32.7 Å². The maximum Gasteiger partial charge on any atom is 0.266 e. The molecule has 7 heteroatoms. The van der Waals surface area contributed by atoms with Crippen LogP contribution in [0.15, 0.2) is 59.5 Å². The molecule has 0 bridgehead atoms. The first-order valence-electron chi connectivity index (χ1n) is 8.88. The number of amides is 2. The zero-order valence-corrected chi connectivity index (χ0v) is 16.8. The lowest BCUT2D eigenvalue weighted by Gasteiger charge is -2.14. The van der Waals surface area contributed by atoms with E-state index in [-0.39, 0.29) is 17.6 Å². The van der Waals surface area contributed by atoms with Gasteiger partial charge in [-0.2, -0.15) is 0 Å². The van der Waals surface area contributed by atoms with Gasteiger partial charge in [0.15, 0.2) is 0 Å². The van der Waals surface area contributed by atoms with Crippen LogP contribution in [0.1, 0.15) is 24.0 Å². The zero-order valence-electron chi connectivity index (χ0n) is 15.1. The van der Waals surface area contributed by atoms with E-state index in [0.29, 0.717) is 40.7 Å². The average molecular weight is 413 g/mol. The van der Waals surface area contributed by atoms with E-state index < -0.39 is 0 Å². The Balaban J connectivity index is 1.49. The Morgan fingerprint density at radius 2 is 1.86 bits per heavy atom. The molecule has 1 heterocycles. The van der Waals surface area contributed by atoms with Crippen molar-refractivity contribution in [1.29, 1.82) is 0 Å². The Kier molecular flexibility index (Phi) is 6.84. The van der Waals surface area contributed by atoms with Crippen LogP contribution in [0.4, 0.5) is 0 Å². The molecule has 0 unspecified atom stereocenters. The molecule has 0 spiro atoms. The molecule has 1 fully saturated rings. The Morgan fingerprint density at radius 3 is 2.61 bits per heavy atom. The summed E-state index contributed by atoms with van der Waals surface area (Å²) in [7, 11) is 0. The van der Waals surface area contributed by atoms with Gasteiger partial charge in [-0.1, -0.05) is 72.5 Å². The normalized spacial score (nSPS) is 15.3. The third kappa shape index (κ3) is 5.21. The van der Waals surface area contributed by atoms with Gasteiger partial charge in [0, 0.05) is 25.1 Å². The van der Waals surface area contributed by atoms with Gasteiger partial charge in [-0.25, -0.2) is 0 Å². The highest BCUT2D eigenvalue weighted by molar-refractivity contribution is 8.26. The standard InChI is InChI=1S/C21H20N2O3S2/c24-17-10-5-4-9-16(17)13-18-20(26)23(21(27)28-18)12-6-11-19(25)22-14-15-7-2-1-3-8-15/h1-5,7-10,13,24H,6,11-12,14H2,(H,22,25)/b18-13-. The SMILES string of the molecule is O=C(CCCN1C(=O)/C(=C/c2ccccc2O)SC1=S)NCc1ccccc1. The zero-order chi connectivity index (χ0) is 19.9. The van der Waals surface area contributed by atoms with Crippen LogP contribution in [0.25, 0.3) is 6.08 Å². The monoisotopic (exact) mass is 412 g/mol. The molecule has 0 aliphatic carbocycles. The molecule has 144 valence electrons. The quantitative estimate of drug-likeness (QED) is 0.536. The molecule has 1 aliphatic heterocycles. The number of nitrogens with zero attached hydrogens (tertiary/aromatic N) is 1. The Morgan fingerprint density at radius 1 is 1.14 bits per heavy atom. The summed E-state index contributed by atoms with van der Waals surface area (Å²) in [4.78, 5) is 26.6. The van der Waals surface area contributed by atoms with Crippen LogP contribution in [0.5, 0.6) is 5.75 Å². The van der Waals surface area contributed by atoms with E-state index in [9.17, 15) is 14.7 Å². The summed E-state index contributed by atoms with van der Waals surface area (Å²) in [5, 5.41) is 12.7. The van der Waals surface area contributed by atoms with Crippen molar-refractivity contribution >= 4 is 46.2 Å². The highest BCUT2D eigenvalue weighted by Crippen LogP contribution is 2.34. The first-order valence-corrected chi connectivity index (χ1v) is 10.1. The van der Waals surface area contributed by atoms with Crippen LogP contribution < -0.4 is 5.32 Å². The number of para-hydroxylation sites is 1. The molecular weight excluding hydrogens is 392 g/mol. The largest absolute Gasteiger partial charge is 0.507 e. The fourth-order valence-electron chi connectivity index (χ4n) is 2.73. The van der Waals surface area contributed by atoms with Crippen molar-refractivity contribution < 1.29 is 14.7 Å². The van der Waals surface area contributed by atoms with Gasteiger partial charge in [0.05, 0.1) is 4.91 Å². The van der Waals surface area contributed by atoms with Crippen molar-refractivity contribution in [2.24, 2.45) is 0 Å². The second kappa shape index (κ2) is 9.52. The summed E-state index contributed by atoms with van der Waals surface area (Å²) in [5.74, 6) is -0.134. The van der Waals surface area contributed by atoms with Crippen molar-refractivity contribution in [3.05, 3.63) is 70.6 Å². The number of carbonyl (C=O) groups is 2. The molecule has 1 aliphatic rings. The molecule has 0 radical (unpaired) electrons. The van der Waals surface area contributed by atoms with Crippen LogP contribution in [0, 0.1) is 0 Å². The van der Waals surface area contributed by atoms with Gasteiger partial charge >= 0.3 is 0 Å². The highest BCUT2D eigenvalue weighted by atomic mass is 32.2. The van der Waals surface area contributed by atoms with Crippen LogP contribution in [-0.2, 0) is 16.1 Å². The molecule has 0 aromatic heterocycles. The molecule has 0 atom stereocenters. The number of hydrogen-bond donors (Lipinski definition) is 2. The molecule has 28 heavy (non-hydrogen) atoms. The third-order valence-electron chi connectivity index (χ3n) is 4.22. The van der Waals surface area contributed by atoms with Crippen LogP contribution >= 0.6 is 24.0 Å². The molecule has 5 nitrogen and oxygen atoms in total. The number of aromatic hydroxyl groups is 1. The molecule has 3 rings (SSSR count). The second-order valence-corrected chi connectivity index (χ2v) is 7.93. The van der Waals surface area contributed by atoms with E-state index in [1.54, 1.807) is 30.3 Å². The van der Waals surface area contributed by atoms with Crippen LogP contribution in [0.2, 0.25) is 0 Å². The summed E-state index contributed by atoms with van der Waals surface area (Å²) >= 11 is 6.51. The number of rotatable bonds is 7. The van der Waals surface area contributed by atoms with Crippen molar-refractivity contribution in [2.45, 2.75) is 19.4 Å². The van der Waals surface area contributed by atoms with E-state index >= 15 is 0 Å². The highest BCUT2D eigenvalue weighted by Gasteiger charge is 2.31. The number of phenols is 1. The minimum atomic E-state index is -0.192. The number of phenolic OH excluding ortho intramolecular Hbond substituents is 1. The van der Waals surface area contributed by atoms with E-state index in [1.165, 1.54) is 16.7 Å². The Bertz CT molecular complexity index is 913. The van der Waals surface area contributed by atoms with Crippen molar-refractivity contribution in [3.63, 3.8) is 0 Å². The first-order chi connectivity index (χ1) is 13.5. The van der Waals surface area contributed by atoms with Crippen LogP contribution in [0.3, 0.4) is 0 Å². The summed E-state index contributed by atoms with van der Waals surface area (Å²) < 4.78 is 0.469. The van der Waals surface area contributed by atoms with Gasteiger partial charge in [0.2, 0.25) is 5.91 Å². The van der Waals surface area contributed by atoms with Crippen molar-refractivity contribution in [2.75, 3.05) is 6.54 Å². The van der Waals surface area contributed by atoms with E-state index in [0.717, 1.165) is 5.56 Å². The minimum absolute atomic E-state index is 0.0564. The van der Waals surface area contributed by atoms with Gasteiger partial charge in [-0.3, -0.25) is 14.5 Å². The summed E-state index contributed by atoms with van der Waals surface area (Å²) in [6.45, 7) is 0.881. The molecular formula is C21H20N2O3S2. The fourth-order valence-corrected chi connectivity index (χ4v) is 4.03. The number of thioether (sulfide) groups is 1. The van der Waals surface area contributed by atoms with Crippen molar-refractivity contribution in [1.82, 2.24) is 10.2 Å². The molecule has 0 saturated carbocycles. The first kappa shape index (κ1) is 20.1. The van der Waals surface area contributed by atoms with E-state index in [2.05, 4.69) is 5.32 Å². The summed E-state index contributed by atoms with van der Waals surface area (Å²) in [6.07, 6.45) is 2.49. The second-order valence-electron chi connectivity index (χ2n) is 6.26. The van der Waals surface area contributed by atoms with Gasteiger partial charge in [-0.15, -0.1) is 0 Å². The van der Waals surface area contributed by atoms with E-state index in [4.69, 9.17) is 12.2 Å². The lowest BCUT2D eigenvalue weighted by atomic mass is 10.2. The number of nitrogens with one attached hydrogen (secondary N) is 1. The summed E-state index contributed by atoms with van der Waals surface area (Å²) in [5.41, 5.74) is 1.62. The molecule has 2 amide bonds. The lowest BCUT2D eigenvalue weighted by molar-refractivity contribution is -0.124. The predicted octanol–water partition coefficient (Wildman–Crippen LogP) is 3.69. The number of carbonyl (C=O) groups excluding carboxylic acids is 2. The van der Waals surface area contributed by atoms with Gasteiger partial charge in [0.1, 0.15) is 10.1 Å². The Hall–Kier alpha value is -2.64. The number of hydrogen-bond acceptors (Lipinski definition) is 5.